The van der Waals surface area contributed by atoms with E-state index in [-0.39, 0.29) is 17.5 Å². The highest BCUT2D eigenvalue weighted by molar-refractivity contribution is 7.99. The van der Waals surface area contributed by atoms with Gasteiger partial charge in [0.15, 0.2) is 11.0 Å². The number of thioether (sulfide) groups is 1. The Hall–Kier alpha value is -3.36. The Balaban J connectivity index is 1.55. The van der Waals surface area contributed by atoms with Crippen LogP contribution in [0.15, 0.2) is 78.0 Å². The second-order valence-electron chi connectivity index (χ2n) is 7.01. The van der Waals surface area contributed by atoms with Gasteiger partial charge in [-0.3, -0.25) is 9.36 Å². The van der Waals surface area contributed by atoms with Crippen LogP contribution in [0.1, 0.15) is 5.56 Å². The summed E-state index contributed by atoms with van der Waals surface area (Å²) in [5.41, 5.74) is 2.36. The van der Waals surface area contributed by atoms with Crippen LogP contribution in [0, 0.1) is 5.82 Å². The minimum Gasteiger partial charge on any atom is -0.497 e. The summed E-state index contributed by atoms with van der Waals surface area (Å²) in [7, 11) is 1.61. The van der Waals surface area contributed by atoms with Crippen LogP contribution in [0.2, 0.25) is 5.02 Å². The SMILES string of the molecule is COc1ccc(-n2c(SCC(=O)NCc3ccc(F)cc3)nnc2-c2ccccc2Cl)cc1. The standard InChI is InChI=1S/C24H20ClFN4O2S/c1-32-19-12-10-18(11-13-19)30-23(20-4-2-3-5-21(20)25)28-29-24(30)33-15-22(31)27-14-16-6-8-17(26)9-7-16/h2-13H,14-15H2,1H3,(H,27,31). The van der Waals surface area contributed by atoms with Crippen molar-refractivity contribution in [2.45, 2.75) is 11.7 Å². The van der Waals surface area contributed by atoms with Gasteiger partial charge in [0.05, 0.1) is 17.9 Å². The van der Waals surface area contributed by atoms with Gasteiger partial charge < -0.3 is 10.1 Å². The predicted octanol–water partition coefficient (Wildman–Crippen LogP) is 5.14. The highest BCUT2D eigenvalue weighted by atomic mass is 35.5. The van der Waals surface area contributed by atoms with Crippen LogP contribution in [-0.4, -0.2) is 33.5 Å². The molecule has 4 aromatic rings. The third-order valence-corrected chi connectivity index (χ3v) is 6.07. The lowest BCUT2D eigenvalue weighted by molar-refractivity contribution is -0.118. The average Bonchev–Trinajstić information content (AvgIpc) is 3.26. The van der Waals surface area contributed by atoms with E-state index in [4.69, 9.17) is 16.3 Å². The van der Waals surface area contributed by atoms with Crippen molar-refractivity contribution in [3.05, 3.63) is 89.2 Å². The second kappa shape index (κ2) is 10.5. The van der Waals surface area contributed by atoms with Crippen molar-refractivity contribution in [2.75, 3.05) is 12.9 Å². The van der Waals surface area contributed by atoms with Gasteiger partial charge >= 0.3 is 0 Å². The quantitative estimate of drug-likeness (QED) is 0.352. The molecule has 168 valence electrons. The molecule has 0 bridgehead atoms. The number of aromatic nitrogens is 3. The Labute approximate surface area is 199 Å². The van der Waals surface area contributed by atoms with Gasteiger partial charge in [-0.05, 0) is 54.1 Å². The van der Waals surface area contributed by atoms with Gasteiger partial charge in [0.25, 0.3) is 0 Å². The molecule has 0 aliphatic rings. The fourth-order valence-corrected chi connectivity index (χ4v) is 4.13. The second-order valence-corrected chi connectivity index (χ2v) is 8.36. The molecule has 4 rings (SSSR count). The van der Waals surface area contributed by atoms with E-state index in [1.54, 1.807) is 25.3 Å². The summed E-state index contributed by atoms with van der Waals surface area (Å²) in [6.45, 7) is 0.315. The fourth-order valence-electron chi connectivity index (χ4n) is 3.13. The third kappa shape index (κ3) is 5.53. The van der Waals surface area contributed by atoms with Crippen molar-refractivity contribution in [3.63, 3.8) is 0 Å². The van der Waals surface area contributed by atoms with Crippen LogP contribution in [-0.2, 0) is 11.3 Å². The van der Waals surface area contributed by atoms with Gasteiger partial charge in [0.1, 0.15) is 11.6 Å². The summed E-state index contributed by atoms with van der Waals surface area (Å²) >= 11 is 7.68. The number of nitrogens with one attached hydrogen (secondary N) is 1. The number of halogens is 2. The molecule has 0 atom stereocenters. The van der Waals surface area contributed by atoms with Crippen LogP contribution in [0.25, 0.3) is 17.1 Å². The first-order chi connectivity index (χ1) is 16.0. The first kappa shape index (κ1) is 22.8. The monoisotopic (exact) mass is 482 g/mol. The fraction of sp³-hybridized carbons (Fsp3) is 0.125. The number of rotatable bonds is 8. The van der Waals surface area contributed by atoms with Crippen LogP contribution < -0.4 is 10.1 Å². The number of hydrogen-bond donors (Lipinski definition) is 1. The molecular weight excluding hydrogens is 463 g/mol. The van der Waals surface area contributed by atoms with Gasteiger partial charge in [-0.1, -0.05) is 47.6 Å². The van der Waals surface area contributed by atoms with Crippen molar-refractivity contribution in [3.8, 4) is 22.8 Å². The van der Waals surface area contributed by atoms with Gasteiger partial charge in [-0.25, -0.2) is 4.39 Å². The topological polar surface area (TPSA) is 69.0 Å². The van der Waals surface area contributed by atoms with Gasteiger partial charge in [-0.2, -0.15) is 0 Å². The van der Waals surface area contributed by atoms with Crippen LogP contribution in [0.3, 0.4) is 0 Å². The number of methoxy groups -OCH3 is 1. The van der Waals surface area contributed by atoms with Crippen molar-refractivity contribution in [2.24, 2.45) is 0 Å². The zero-order chi connectivity index (χ0) is 23.2. The third-order valence-electron chi connectivity index (χ3n) is 4.81. The Bertz CT molecular complexity index is 1250. The van der Waals surface area contributed by atoms with Crippen molar-refractivity contribution in [1.29, 1.82) is 0 Å². The maximum Gasteiger partial charge on any atom is 0.230 e. The highest BCUT2D eigenvalue weighted by Gasteiger charge is 2.19. The van der Waals surface area contributed by atoms with Gasteiger partial charge in [0.2, 0.25) is 5.91 Å². The summed E-state index contributed by atoms with van der Waals surface area (Å²) in [6, 6.07) is 20.9. The number of carbonyl (C=O) groups is 1. The van der Waals surface area contributed by atoms with E-state index >= 15 is 0 Å². The number of hydrogen-bond acceptors (Lipinski definition) is 5. The van der Waals surface area contributed by atoms with E-state index in [1.807, 2.05) is 47.0 Å². The molecule has 0 radical (unpaired) electrons. The lowest BCUT2D eigenvalue weighted by atomic mass is 10.2. The van der Waals surface area contributed by atoms with Gasteiger partial charge in [0, 0.05) is 17.8 Å². The Morgan fingerprint density at radius 3 is 2.48 bits per heavy atom. The molecule has 0 unspecified atom stereocenters. The minimum absolute atomic E-state index is 0.137. The average molecular weight is 483 g/mol. The molecule has 0 spiro atoms. The molecule has 1 N–H and O–H groups in total. The molecule has 33 heavy (non-hydrogen) atoms. The predicted molar refractivity (Wildman–Crippen MR) is 127 cm³/mol. The van der Waals surface area contributed by atoms with E-state index in [1.165, 1.54) is 23.9 Å². The summed E-state index contributed by atoms with van der Waals surface area (Å²) in [5, 5.41) is 12.6. The smallest absolute Gasteiger partial charge is 0.230 e. The molecule has 3 aromatic carbocycles. The maximum absolute atomic E-state index is 13.0. The number of ether oxygens (including phenoxy) is 1. The Morgan fingerprint density at radius 2 is 1.79 bits per heavy atom. The molecule has 1 amide bonds. The van der Waals surface area contributed by atoms with E-state index in [9.17, 15) is 9.18 Å². The lowest BCUT2D eigenvalue weighted by Crippen LogP contribution is -2.24. The molecular formula is C24H20ClFN4O2S. The number of carbonyl (C=O) groups excluding carboxylic acids is 1. The summed E-state index contributed by atoms with van der Waals surface area (Å²) in [6.07, 6.45) is 0. The Morgan fingerprint density at radius 1 is 1.06 bits per heavy atom. The molecule has 0 aliphatic carbocycles. The minimum atomic E-state index is -0.312. The van der Waals surface area contributed by atoms with E-state index in [0.29, 0.717) is 22.5 Å². The normalized spacial score (nSPS) is 10.8. The molecule has 9 heteroatoms. The molecule has 6 nitrogen and oxygen atoms in total. The van der Waals surface area contributed by atoms with E-state index in [0.717, 1.165) is 22.6 Å². The number of benzene rings is 3. The largest absolute Gasteiger partial charge is 0.497 e. The lowest BCUT2D eigenvalue weighted by Gasteiger charge is -2.12. The molecule has 0 saturated carbocycles. The number of nitrogens with zero attached hydrogens (tertiary/aromatic N) is 3. The van der Waals surface area contributed by atoms with Crippen molar-refractivity contribution in [1.82, 2.24) is 20.1 Å². The van der Waals surface area contributed by atoms with E-state index < -0.39 is 0 Å². The molecule has 0 fully saturated rings. The molecule has 0 saturated heterocycles. The molecule has 0 aliphatic heterocycles. The maximum atomic E-state index is 13.0. The summed E-state index contributed by atoms with van der Waals surface area (Å²) in [4.78, 5) is 12.4. The summed E-state index contributed by atoms with van der Waals surface area (Å²) in [5.74, 6) is 0.944. The zero-order valence-corrected chi connectivity index (χ0v) is 19.2. The first-order valence-electron chi connectivity index (χ1n) is 10.0. The number of amides is 1. The summed E-state index contributed by atoms with van der Waals surface area (Å²) < 4.78 is 20.2. The molecule has 1 aromatic heterocycles. The Kier molecular flexibility index (Phi) is 7.26. The zero-order valence-electron chi connectivity index (χ0n) is 17.7. The van der Waals surface area contributed by atoms with Gasteiger partial charge in [-0.15, -0.1) is 10.2 Å². The van der Waals surface area contributed by atoms with E-state index in [2.05, 4.69) is 15.5 Å². The van der Waals surface area contributed by atoms with Crippen LogP contribution >= 0.6 is 23.4 Å². The van der Waals surface area contributed by atoms with Crippen LogP contribution in [0.4, 0.5) is 4.39 Å². The first-order valence-corrected chi connectivity index (χ1v) is 11.4. The van der Waals surface area contributed by atoms with Crippen molar-refractivity contribution >= 4 is 29.3 Å². The molecule has 1 heterocycles. The van der Waals surface area contributed by atoms with Crippen LogP contribution in [0.5, 0.6) is 5.75 Å². The highest BCUT2D eigenvalue weighted by Crippen LogP contribution is 2.32. The van der Waals surface area contributed by atoms with Crippen molar-refractivity contribution < 1.29 is 13.9 Å².